The summed E-state index contributed by atoms with van der Waals surface area (Å²) in [4.78, 5) is 31.7. The van der Waals surface area contributed by atoms with Crippen molar-refractivity contribution in [2.75, 3.05) is 13.2 Å². The molecule has 0 saturated heterocycles. The molecule has 8 nitrogen and oxygen atoms in total. The smallest absolute Gasteiger partial charge is 0.335 e. The topological polar surface area (TPSA) is 152 Å². The predicted molar refractivity (Wildman–Crippen MR) is 143 cm³/mol. The second-order valence-corrected chi connectivity index (χ2v) is 8.11. The van der Waals surface area contributed by atoms with Crippen LogP contribution in [0.2, 0.25) is 0 Å². The lowest BCUT2D eigenvalue weighted by atomic mass is 10.0. The number of rotatable bonds is 4. The molecular formula is C29H36O8. The van der Waals surface area contributed by atoms with Gasteiger partial charge in [-0.15, -0.1) is 0 Å². The number of aliphatic hydroxyl groups excluding tert-OH is 2. The van der Waals surface area contributed by atoms with Gasteiger partial charge in [0, 0.05) is 0 Å². The van der Waals surface area contributed by atoms with Gasteiger partial charge in [-0.3, -0.25) is 0 Å². The minimum absolute atomic E-state index is 0.125. The maximum Gasteiger partial charge on any atom is 0.335 e. The second kappa shape index (κ2) is 16.6. The molecule has 0 atom stereocenters. The molecule has 0 heterocycles. The van der Waals surface area contributed by atoms with Gasteiger partial charge in [-0.25, -0.2) is 14.4 Å². The van der Waals surface area contributed by atoms with Gasteiger partial charge in [0.2, 0.25) is 0 Å². The summed E-state index contributed by atoms with van der Waals surface area (Å²) in [5.74, 6) is -2.57. The van der Waals surface area contributed by atoms with Crippen LogP contribution in [0.25, 0.3) is 0 Å². The molecule has 8 heteroatoms. The lowest BCUT2D eigenvalue weighted by molar-refractivity contribution is 0.0685. The summed E-state index contributed by atoms with van der Waals surface area (Å²) in [6, 6.07) is 15.8. The van der Waals surface area contributed by atoms with Gasteiger partial charge < -0.3 is 25.5 Å². The minimum Gasteiger partial charge on any atom is -0.478 e. The van der Waals surface area contributed by atoms with Crippen LogP contribution in [0.15, 0.2) is 54.6 Å². The number of aromatic carboxylic acids is 3. The molecule has 0 bridgehead atoms. The van der Waals surface area contributed by atoms with Crippen molar-refractivity contribution < 1.29 is 39.9 Å². The van der Waals surface area contributed by atoms with Crippen LogP contribution in [-0.4, -0.2) is 56.7 Å². The predicted octanol–water partition coefficient (Wildman–Crippen LogP) is 4.98. The highest BCUT2D eigenvalue weighted by molar-refractivity contribution is 5.90. The number of aliphatic hydroxyl groups is 2. The lowest BCUT2D eigenvalue weighted by Crippen LogP contribution is -2.00. The summed E-state index contributed by atoms with van der Waals surface area (Å²) in [6.07, 6.45) is 0. The van der Waals surface area contributed by atoms with Crippen LogP contribution in [0, 0.1) is 41.5 Å². The Labute approximate surface area is 217 Å². The minimum atomic E-state index is -0.855. The lowest BCUT2D eigenvalue weighted by Gasteiger charge is -2.02. The first-order valence-corrected chi connectivity index (χ1v) is 11.4. The summed E-state index contributed by atoms with van der Waals surface area (Å²) < 4.78 is 0. The van der Waals surface area contributed by atoms with Crippen molar-refractivity contribution in [3.63, 3.8) is 0 Å². The summed E-state index contributed by atoms with van der Waals surface area (Å²) in [5.41, 5.74) is 6.78. The van der Waals surface area contributed by atoms with Crippen LogP contribution in [0.4, 0.5) is 0 Å². The highest BCUT2D eigenvalue weighted by atomic mass is 16.4. The Kier molecular flexibility index (Phi) is 14.8. The van der Waals surface area contributed by atoms with Crippen LogP contribution in [0.5, 0.6) is 0 Å². The summed E-state index contributed by atoms with van der Waals surface area (Å²) in [5, 5.41) is 41.3. The maximum atomic E-state index is 10.6. The molecule has 0 radical (unpaired) electrons. The molecule has 5 N–H and O–H groups in total. The Morgan fingerprint density at radius 1 is 0.486 bits per heavy atom. The van der Waals surface area contributed by atoms with E-state index in [1.54, 1.807) is 36.4 Å². The molecule has 37 heavy (non-hydrogen) atoms. The van der Waals surface area contributed by atoms with Gasteiger partial charge in [-0.05, 0) is 93.1 Å². The van der Waals surface area contributed by atoms with Gasteiger partial charge in [-0.2, -0.15) is 0 Å². The molecule has 0 amide bonds. The summed E-state index contributed by atoms with van der Waals surface area (Å²) in [6.45, 7) is 10.9. The fourth-order valence-electron chi connectivity index (χ4n) is 2.95. The van der Waals surface area contributed by atoms with E-state index in [0.717, 1.165) is 33.4 Å². The molecule has 0 fully saturated rings. The summed E-state index contributed by atoms with van der Waals surface area (Å²) >= 11 is 0. The van der Waals surface area contributed by atoms with E-state index >= 15 is 0 Å². The fraction of sp³-hybridized carbons (Fsp3) is 0.276. The third-order valence-corrected chi connectivity index (χ3v) is 5.61. The van der Waals surface area contributed by atoms with Crippen molar-refractivity contribution in [2.24, 2.45) is 0 Å². The Bertz CT molecular complexity index is 1050. The van der Waals surface area contributed by atoms with E-state index < -0.39 is 17.9 Å². The number of carboxylic acid groups (broad SMARTS) is 3. The maximum absolute atomic E-state index is 10.6. The van der Waals surface area contributed by atoms with Crippen molar-refractivity contribution in [1.82, 2.24) is 0 Å². The van der Waals surface area contributed by atoms with Crippen LogP contribution in [-0.2, 0) is 0 Å². The molecule has 0 saturated carbocycles. The van der Waals surface area contributed by atoms with Crippen molar-refractivity contribution in [1.29, 1.82) is 0 Å². The zero-order chi connectivity index (χ0) is 28.7. The number of benzene rings is 3. The Balaban J connectivity index is 0.000000490. The molecule has 0 aliphatic heterocycles. The van der Waals surface area contributed by atoms with E-state index in [9.17, 15) is 14.4 Å². The first-order chi connectivity index (χ1) is 17.3. The molecule has 0 unspecified atom stereocenters. The van der Waals surface area contributed by atoms with Crippen molar-refractivity contribution in [3.05, 3.63) is 105 Å². The first-order valence-electron chi connectivity index (χ1n) is 11.4. The Morgan fingerprint density at radius 3 is 0.838 bits per heavy atom. The van der Waals surface area contributed by atoms with Gasteiger partial charge in [0.25, 0.3) is 0 Å². The van der Waals surface area contributed by atoms with E-state index in [2.05, 4.69) is 0 Å². The molecular weight excluding hydrogens is 476 g/mol. The molecule has 200 valence electrons. The molecule has 0 aliphatic carbocycles. The number of aryl methyl sites for hydroxylation is 3. The fourth-order valence-corrected chi connectivity index (χ4v) is 2.95. The van der Waals surface area contributed by atoms with Gasteiger partial charge in [0.1, 0.15) is 0 Å². The van der Waals surface area contributed by atoms with E-state index in [1.807, 2.05) is 59.7 Å². The normalized spacial score (nSPS) is 9.41. The Morgan fingerprint density at radius 2 is 0.703 bits per heavy atom. The number of carbonyl (C=O) groups is 3. The van der Waals surface area contributed by atoms with Crippen LogP contribution in [0.1, 0.15) is 64.5 Å². The van der Waals surface area contributed by atoms with E-state index in [1.165, 1.54) is 0 Å². The number of carboxylic acids is 3. The highest BCUT2D eigenvalue weighted by Crippen LogP contribution is 2.13. The van der Waals surface area contributed by atoms with Crippen LogP contribution in [0.3, 0.4) is 0 Å². The Hall–Kier alpha value is -4.01. The van der Waals surface area contributed by atoms with Gasteiger partial charge in [0.15, 0.2) is 0 Å². The molecule has 0 aromatic heterocycles. The van der Waals surface area contributed by atoms with Crippen LogP contribution >= 0.6 is 0 Å². The molecule has 0 aliphatic rings. The monoisotopic (exact) mass is 512 g/mol. The zero-order valence-corrected chi connectivity index (χ0v) is 22.1. The highest BCUT2D eigenvalue weighted by Gasteiger charge is 2.08. The molecule has 0 spiro atoms. The second-order valence-electron chi connectivity index (χ2n) is 8.11. The molecule has 3 aromatic carbocycles. The number of hydrogen-bond acceptors (Lipinski definition) is 5. The molecule has 3 rings (SSSR count). The van der Waals surface area contributed by atoms with Crippen molar-refractivity contribution in [3.8, 4) is 0 Å². The SMILES string of the molecule is Cc1cccc(C(=O)O)c1C.Cc1cccc(C(=O)O)c1C.Cc1cccc(C(=O)O)c1C.OCCO. The van der Waals surface area contributed by atoms with E-state index in [0.29, 0.717) is 16.7 Å². The first kappa shape index (κ1) is 33.0. The third kappa shape index (κ3) is 11.1. The average Bonchev–Trinajstić information content (AvgIpc) is 2.84. The standard InChI is InChI=1S/3C9H10O2.C2H6O2/c3*1-6-4-3-5-8(7(6)2)9(10)11;3-1-2-4/h3*3-5H,1-2H3,(H,10,11);3-4H,1-2H2. The average molecular weight is 513 g/mol. The van der Waals surface area contributed by atoms with Crippen molar-refractivity contribution in [2.45, 2.75) is 41.5 Å². The quantitative estimate of drug-likeness (QED) is 0.328. The number of hydrogen-bond donors (Lipinski definition) is 5. The summed E-state index contributed by atoms with van der Waals surface area (Å²) in [7, 11) is 0. The van der Waals surface area contributed by atoms with E-state index in [-0.39, 0.29) is 13.2 Å². The largest absolute Gasteiger partial charge is 0.478 e. The van der Waals surface area contributed by atoms with Gasteiger partial charge in [0.05, 0.1) is 29.9 Å². The van der Waals surface area contributed by atoms with E-state index in [4.69, 9.17) is 25.5 Å². The van der Waals surface area contributed by atoms with Crippen LogP contribution < -0.4 is 0 Å². The zero-order valence-electron chi connectivity index (χ0n) is 22.1. The van der Waals surface area contributed by atoms with Crippen molar-refractivity contribution >= 4 is 17.9 Å². The van der Waals surface area contributed by atoms with Gasteiger partial charge in [-0.1, -0.05) is 36.4 Å². The third-order valence-electron chi connectivity index (χ3n) is 5.61. The van der Waals surface area contributed by atoms with Gasteiger partial charge >= 0.3 is 17.9 Å². The molecule has 3 aromatic rings.